The third-order valence-electron chi connectivity index (χ3n) is 2.62. The van der Waals surface area contributed by atoms with Crippen molar-refractivity contribution in [2.45, 2.75) is 19.8 Å². The Bertz CT molecular complexity index is 597. The van der Waals surface area contributed by atoms with Crippen molar-refractivity contribution in [1.29, 1.82) is 0 Å². The summed E-state index contributed by atoms with van der Waals surface area (Å²) in [5, 5.41) is 3.13. The zero-order valence-corrected chi connectivity index (χ0v) is 11.9. The molecule has 0 amide bonds. The molecule has 7 heteroatoms. The van der Waals surface area contributed by atoms with Crippen molar-refractivity contribution in [2.24, 2.45) is 5.84 Å². The van der Waals surface area contributed by atoms with E-state index in [1.165, 1.54) is 12.1 Å². The molecule has 0 aliphatic rings. The van der Waals surface area contributed by atoms with Gasteiger partial charge in [-0.05, 0) is 12.1 Å². The zero-order chi connectivity index (χ0) is 14.7. The maximum atomic E-state index is 13.7. The molecule has 0 unspecified atom stereocenters. The second-order valence-electron chi connectivity index (χ2n) is 4.52. The molecule has 0 bridgehead atoms. The van der Waals surface area contributed by atoms with Gasteiger partial charge in [-0.15, -0.1) is 0 Å². The molecular formula is C13H15ClFN5. The second kappa shape index (κ2) is 6.02. The molecule has 5 nitrogen and oxygen atoms in total. The molecule has 0 aliphatic heterocycles. The first-order valence-corrected chi connectivity index (χ1v) is 6.45. The van der Waals surface area contributed by atoms with Crippen LogP contribution < -0.4 is 16.6 Å². The zero-order valence-electron chi connectivity index (χ0n) is 11.1. The number of anilines is 3. The van der Waals surface area contributed by atoms with Crippen LogP contribution in [0.25, 0.3) is 0 Å². The van der Waals surface area contributed by atoms with E-state index in [4.69, 9.17) is 17.4 Å². The number of rotatable bonds is 4. The van der Waals surface area contributed by atoms with Crippen LogP contribution in [-0.2, 0) is 0 Å². The molecule has 1 aromatic heterocycles. The van der Waals surface area contributed by atoms with Gasteiger partial charge < -0.3 is 10.7 Å². The molecule has 0 saturated carbocycles. The predicted octanol–water partition coefficient (Wildman–Crippen LogP) is 3.42. The normalized spacial score (nSPS) is 10.7. The summed E-state index contributed by atoms with van der Waals surface area (Å²) >= 11 is 5.97. The van der Waals surface area contributed by atoms with Crippen LogP contribution in [0.3, 0.4) is 0 Å². The highest BCUT2D eigenvalue weighted by atomic mass is 35.5. The number of para-hydroxylation sites is 1. The summed E-state index contributed by atoms with van der Waals surface area (Å²) in [7, 11) is 0. The molecule has 106 valence electrons. The number of hydrazine groups is 1. The van der Waals surface area contributed by atoms with Gasteiger partial charge in [0, 0.05) is 12.0 Å². The van der Waals surface area contributed by atoms with Crippen molar-refractivity contribution in [2.75, 3.05) is 10.7 Å². The predicted molar refractivity (Wildman–Crippen MR) is 78.6 cm³/mol. The van der Waals surface area contributed by atoms with E-state index >= 15 is 0 Å². The van der Waals surface area contributed by atoms with E-state index in [2.05, 4.69) is 20.7 Å². The van der Waals surface area contributed by atoms with Crippen LogP contribution in [0.15, 0.2) is 24.3 Å². The minimum absolute atomic E-state index is 0.111. The van der Waals surface area contributed by atoms with Crippen molar-refractivity contribution in [3.8, 4) is 0 Å². The van der Waals surface area contributed by atoms with E-state index in [-0.39, 0.29) is 16.6 Å². The van der Waals surface area contributed by atoms with Gasteiger partial charge in [-0.3, -0.25) is 0 Å². The van der Waals surface area contributed by atoms with Crippen LogP contribution in [-0.4, -0.2) is 9.97 Å². The SMILES string of the molecule is CC(C)c1nc(NN)cc(Nc2c(F)cccc2Cl)n1. The Labute approximate surface area is 121 Å². The molecule has 0 saturated heterocycles. The highest BCUT2D eigenvalue weighted by Gasteiger charge is 2.11. The van der Waals surface area contributed by atoms with Gasteiger partial charge in [-0.25, -0.2) is 20.2 Å². The van der Waals surface area contributed by atoms with Gasteiger partial charge in [0.05, 0.1) is 10.7 Å². The molecule has 0 radical (unpaired) electrons. The highest BCUT2D eigenvalue weighted by molar-refractivity contribution is 6.33. The van der Waals surface area contributed by atoms with E-state index in [0.717, 1.165) is 0 Å². The lowest BCUT2D eigenvalue weighted by Gasteiger charge is -2.12. The summed E-state index contributed by atoms with van der Waals surface area (Å²) in [5.74, 6) is 6.49. The Morgan fingerprint density at radius 2 is 1.95 bits per heavy atom. The standard InChI is InChI=1S/C13H15ClFN5/c1-7(2)13-18-10(6-11(19-13)20-16)17-12-8(14)4-3-5-9(12)15/h3-7H,16H2,1-2H3,(H2,17,18,19,20). The van der Waals surface area contributed by atoms with Crippen LogP contribution in [0.2, 0.25) is 5.02 Å². The summed E-state index contributed by atoms with van der Waals surface area (Å²) in [6.07, 6.45) is 0. The van der Waals surface area contributed by atoms with Crippen LogP contribution in [0.1, 0.15) is 25.6 Å². The minimum Gasteiger partial charge on any atom is -0.336 e. The summed E-state index contributed by atoms with van der Waals surface area (Å²) in [6.45, 7) is 3.91. The van der Waals surface area contributed by atoms with E-state index < -0.39 is 5.82 Å². The van der Waals surface area contributed by atoms with Crippen molar-refractivity contribution in [3.05, 3.63) is 40.9 Å². The van der Waals surface area contributed by atoms with Gasteiger partial charge in [-0.1, -0.05) is 31.5 Å². The molecule has 0 fully saturated rings. The Kier molecular flexibility index (Phi) is 4.36. The van der Waals surface area contributed by atoms with Gasteiger partial charge in [0.25, 0.3) is 0 Å². The van der Waals surface area contributed by atoms with Crippen molar-refractivity contribution in [3.63, 3.8) is 0 Å². The third kappa shape index (κ3) is 3.15. The highest BCUT2D eigenvalue weighted by Crippen LogP contribution is 2.28. The summed E-state index contributed by atoms with van der Waals surface area (Å²) in [4.78, 5) is 8.54. The smallest absolute Gasteiger partial charge is 0.148 e. The molecular weight excluding hydrogens is 281 g/mol. The van der Waals surface area contributed by atoms with E-state index in [9.17, 15) is 4.39 Å². The molecule has 2 aromatic rings. The molecule has 0 spiro atoms. The number of aromatic nitrogens is 2. The maximum Gasteiger partial charge on any atom is 0.148 e. The molecule has 2 rings (SSSR count). The second-order valence-corrected chi connectivity index (χ2v) is 4.92. The van der Waals surface area contributed by atoms with Gasteiger partial charge >= 0.3 is 0 Å². The molecule has 1 heterocycles. The van der Waals surface area contributed by atoms with Crippen molar-refractivity contribution < 1.29 is 4.39 Å². The van der Waals surface area contributed by atoms with Crippen LogP contribution in [0.5, 0.6) is 0 Å². The van der Waals surface area contributed by atoms with E-state index in [1.54, 1.807) is 12.1 Å². The third-order valence-corrected chi connectivity index (χ3v) is 2.94. The average molecular weight is 296 g/mol. The molecule has 0 atom stereocenters. The fourth-order valence-corrected chi connectivity index (χ4v) is 1.82. The first kappa shape index (κ1) is 14.5. The van der Waals surface area contributed by atoms with Crippen molar-refractivity contribution >= 4 is 28.9 Å². The monoisotopic (exact) mass is 295 g/mol. The van der Waals surface area contributed by atoms with Crippen molar-refractivity contribution in [1.82, 2.24) is 9.97 Å². The fourth-order valence-electron chi connectivity index (χ4n) is 1.61. The summed E-state index contributed by atoms with van der Waals surface area (Å²) < 4.78 is 13.7. The Hall–Kier alpha value is -1.92. The average Bonchev–Trinajstić information content (AvgIpc) is 2.42. The number of nitrogen functional groups attached to an aromatic ring is 1. The van der Waals surface area contributed by atoms with E-state index in [1.807, 2.05) is 13.8 Å². The molecule has 4 N–H and O–H groups in total. The van der Waals surface area contributed by atoms with Crippen LogP contribution >= 0.6 is 11.6 Å². The molecule has 1 aromatic carbocycles. The number of nitrogens with one attached hydrogen (secondary N) is 2. The number of hydrogen-bond acceptors (Lipinski definition) is 5. The Morgan fingerprint density at radius 1 is 1.25 bits per heavy atom. The Balaban J connectivity index is 2.40. The van der Waals surface area contributed by atoms with Crippen LogP contribution in [0, 0.1) is 5.82 Å². The summed E-state index contributed by atoms with van der Waals surface area (Å²) in [5.41, 5.74) is 2.63. The Morgan fingerprint density at radius 3 is 2.55 bits per heavy atom. The largest absolute Gasteiger partial charge is 0.336 e. The number of nitrogens with two attached hydrogens (primary N) is 1. The number of halogens is 2. The minimum atomic E-state index is -0.454. The number of nitrogens with zero attached hydrogens (tertiary/aromatic N) is 2. The number of benzene rings is 1. The lowest BCUT2D eigenvalue weighted by molar-refractivity contribution is 0.632. The first-order valence-electron chi connectivity index (χ1n) is 6.08. The summed E-state index contributed by atoms with van der Waals surface area (Å²) in [6, 6.07) is 6.03. The van der Waals surface area contributed by atoms with E-state index in [0.29, 0.717) is 17.5 Å². The van der Waals surface area contributed by atoms with Gasteiger partial charge in [-0.2, -0.15) is 0 Å². The van der Waals surface area contributed by atoms with Gasteiger partial charge in [0.2, 0.25) is 0 Å². The lowest BCUT2D eigenvalue weighted by atomic mass is 10.2. The maximum absolute atomic E-state index is 13.7. The first-order chi connectivity index (χ1) is 9.51. The quantitative estimate of drug-likeness (QED) is 0.595. The lowest BCUT2D eigenvalue weighted by Crippen LogP contribution is -2.12. The fraction of sp³-hybridized carbons (Fsp3) is 0.231. The topological polar surface area (TPSA) is 75.9 Å². The van der Waals surface area contributed by atoms with Crippen LogP contribution in [0.4, 0.5) is 21.7 Å². The van der Waals surface area contributed by atoms with Gasteiger partial charge in [0.1, 0.15) is 23.3 Å². The number of hydrogen-bond donors (Lipinski definition) is 3. The van der Waals surface area contributed by atoms with Gasteiger partial charge in [0.15, 0.2) is 0 Å². The molecule has 20 heavy (non-hydrogen) atoms. The molecule has 0 aliphatic carbocycles.